The third kappa shape index (κ3) is 8.23. The summed E-state index contributed by atoms with van der Waals surface area (Å²) in [7, 11) is 0. The summed E-state index contributed by atoms with van der Waals surface area (Å²) in [6.45, 7) is 7.74. The highest BCUT2D eigenvalue weighted by atomic mass is 16.5. The van der Waals surface area contributed by atoms with Crippen LogP contribution in [0.3, 0.4) is 0 Å². The van der Waals surface area contributed by atoms with Gasteiger partial charge in [-0.05, 0) is 19.3 Å². The maximum absolute atomic E-state index is 11.0. The van der Waals surface area contributed by atoms with Crippen molar-refractivity contribution in [1.82, 2.24) is 5.32 Å². The lowest BCUT2D eigenvalue weighted by molar-refractivity contribution is -0.154. The minimum atomic E-state index is -0.828. The number of nitrogens with one attached hydrogen (secondary N) is 1. The van der Waals surface area contributed by atoms with Gasteiger partial charge in [0.05, 0.1) is 6.61 Å². The molecule has 5 heteroatoms. The molecular formula is C11H21NO4. The van der Waals surface area contributed by atoms with Crippen molar-refractivity contribution in [2.24, 2.45) is 5.92 Å². The van der Waals surface area contributed by atoms with Gasteiger partial charge in [-0.25, -0.2) is 4.79 Å². The van der Waals surface area contributed by atoms with Gasteiger partial charge >= 0.3 is 11.9 Å². The second-order valence-electron chi connectivity index (χ2n) is 3.80. The smallest absolute Gasteiger partial charge is 0.396 e. The number of esters is 1. The number of hydrogen-bond donors (Lipinski definition) is 1. The topological polar surface area (TPSA) is 64.6 Å². The molecular weight excluding hydrogens is 210 g/mol. The average Bonchev–Trinajstić information content (AvgIpc) is 2.22. The summed E-state index contributed by atoms with van der Waals surface area (Å²) in [6.07, 6.45) is 0.692. The van der Waals surface area contributed by atoms with Crippen molar-refractivity contribution in [3.8, 4) is 0 Å². The van der Waals surface area contributed by atoms with Gasteiger partial charge in [0.15, 0.2) is 0 Å². The first-order valence-corrected chi connectivity index (χ1v) is 5.60. The van der Waals surface area contributed by atoms with Crippen molar-refractivity contribution >= 4 is 11.9 Å². The minimum absolute atomic E-state index is 0.212. The van der Waals surface area contributed by atoms with Crippen LogP contribution < -0.4 is 5.32 Å². The van der Waals surface area contributed by atoms with E-state index in [0.717, 1.165) is 0 Å². The predicted molar refractivity (Wildman–Crippen MR) is 59.9 cm³/mol. The lowest BCUT2D eigenvalue weighted by atomic mass is 10.2. The first-order valence-electron chi connectivity index (χ1n) is 5.60. The van der Waals surface area contributed by atoms with Gasteiger partial charge in [-0.15, -0.1) is 0 Å². The summed E-state index contributed by atoms with van der Waals surface area (Å²) in [6, 6.07) is 0. The van der Waals surface area contributed by atoms with Crippen LogP contribution in [-0.2, 0) is 19.1 Å². The van der Waals surface area contributed by atoms with E-state index in [1.54, 1.807) is 6.92 Å². The zero-order valence-electron chi connectivity index (χ0n) is 10.2. The molecule has 0 aliphatic carbocycles. The summed E-state index contributed by atoms with van der Waals surface area (Å²) in [5.41, 5.74) is 0. The van der Waals surface area contributed by atoms with Crippen molar-refractivity contribution in [2.45, 2.75) is 27.2 Å². The van der Waals surface area contributed by atoms with Gasteiger partial charge in [0.25, 0.3) is 0 Å². The standard InChI is InChI=1S/C11H21NO4/c1-4-16-11(14)10(13)12-6-5-7-15-8-9(2)3/h9H,4-8H2,1-3H3,(H,12,13). The molecule has 0 aromatic carbocycles. The fourth-order valence-corrected chi connectivity index (χ4v) is 0.964. The van der Waals surface area contributed by atoms with Crippen molar-refractivity contribution in [1.29, 1.82) is 0 Å². The number of carbonyl (C=O) groups excluding carboxylic acids is 2. The third-order valence-corrected chi connectivity index (χ3v) is 1.66. The van der Waals surface area contributed by atoms with Gasteiger partial charge in [-0.3, -0.25) is 4.79 Å². The number of rotatable bonds is 7. The van der Waals surface area contributed by atoms with E-state index in [-0.39, 0.29) is 6.61 Å². The fraction of sp³-hybridized carbons (Fsp3) is 0.818. The highest BCUT2D eigenvalue weighted by Crippen LogP contribution is 1.92. The highest BCUT2D eigenvalue weighted by molar-refractivity contribution is 6.32. The summed E-state index contributed by atoms with van der Waals surface area (Å²) in [5, 5.41) is 2.46. The normalized spacial score (nSPS) is 10.2. The Hall–Kier alpha value is -1.10. The molecule has 0 fully saturated rings. The Labute approximate surface area is 96.5 Å². The maximum atomic E-state index is 11.0. The number of hydrogen-bond acceptors (Lipinski definition) is 4. The fourth-order valence-electron chi connectivity index (χ4n) is 0.964. The Morgan fingerprint density at radius 3 is 2.56 bits per heavy atom. The van der Waals surface area contributed by atoms with E-state index in [9.17, 15) is 9.59 Å². The first kappa shape index (κ1) is 14.9. The molecule has 0 unspecified atom stereocenters. The van der Waals surface area contributed by atoms with Gasteiger partial charge < -0.3 is 14.8 Å². The van der Waals surface area contributed by atoms with E-state index in [0.29, 0.717) is 32.1 Å². The predicted octanol–water partition coefficient (Wildman–Crippen LogP) is 0.728. The summed E-state index contributed by atoms with van der Waals surface area (Å²) < 4.78 is 9.85. The van der Waals surface area contributed by atoms with Crippen molar-refractivity contribution in [3.63, 3.8) is 0 Å². The van der Waals surface area contributed by atoms with E-state index in [1.807, 2.05) is 0 Å². The van der Waals surface area contributed by atoms with Crippen molar-refractivity contribution < 1.29 is 19.1 Å². The van der Waals surface area contributed by atoms with Crippen LogP contribution in [0.5, 0.6) is 0 Å². The molecule has 0 atom stereocenters. The van der Waals surface area contributed by atoms with Crippen LogP contribution >= 0.6 is 0 Å². The number of ether oxygens (including phenoxy) is 2. The molecule has 0 saturated heterocycles. The molecule has 1 N–H and O–H groups in total. The Kier molecular flexibility index (Phi) is 8.52. The second-order valence-corrected chi connectivity index (χ2v) is 3.80. The summed E-state index contributed by atoms with van der Waals surface area (Å²) in [4.78, 5) is 21.9. The van der Waals surface area contributed by atoms with Crippen LogP contribution in [0.4, 0.5) is 0 Å². The third-order valence-electron chi connectivity index (χ3n) is 1.66. The molecule has 0 aromatic rings. The van der Waals surface area contributed by atoms with E-state index < -0.39 is 11.9 Å². The molecule has 5 nitrogen and oxygen atoms in total. The van der Waals surface area contributed by atoms with Crippen LogP contribution in [0.1, 0.15) is 27.2 Å². The molecule has 0 aliphatic heterocycles. The monoisotopic (exact) mass is 231 g/mol. The van der Waals surface area contributed by atoms with Crippen LogP contribution in [-0.4, -0.2) is 38.2 Å². The number of amides is 1. The SMILES string of the molecule is CCOC(=O)C(=O)NCCCOCC(C)C. The molecule has 0 spiro atoms. The molecule has 0 aliphatic rings. The van der Waals surface area contributed by atoms with Gasteiger partial charge in [-0.1, -0.05) is 13.8 Å². The molecule has 0 bridgehead atoms. The lowest BCUT2D eigenvalue weighted by Gasteiger charge is -2.07. The molecule has 94 valence electrons. The molecule has 0 heterocycles. The van der Waals surface area contributed by atoms with E-state index in [2.05, 4.69) is 23.9 Å². The summed E-state index contributed by atoms with van der Waals surface area (Å²) in [5.74, 6) is -1.01. The van der Waals surface area contributed by atoms with E-state index >= 15 is 0 Å². The Balaban J connectivity index is 3.38. The minimum Gasteiger partial charge on any atom is -0.459 e. The zero-order chi connectivity index (χ0) is 12.4. The van der Waals surface area contributed by atoms with Crippen molar-refractivity contribution in [2.75, 3.05) is 26.4 Å². The van der Waals surface area contributed by atoms with Crippen molar-refractivity contribution in [3.05, 3.63) is 0 Å². The quantitative estimate of drug-likeness (QED) is 0.398. The molecule has 0 radical (unpaired) electrons. The maximum Gasteiger partial charge on any atom is 0.396 e. The Bertz CT molecular complexity index is 216. The molecule has 0 aromatic heterocycles. The van der Waals surface area contributed by atoms with Gasteiger partial charge in [-0.2, -0.15) is 0 Å². The van der Waals surface area contributed by atoms with Crippen LogP contribution in [0.15, 0.2) is 0 Å². The summed E-state index contributed by atoms with van der Waals surface area (Å²) >= 11 is 0. The first-order chi connectivity index (χ1) is 7.57. The average molecular weight is 231 g/mol. The largest absolute Gasteiger partial charge is 0.459 e. The Morgan fingerprint density at radius 1 is 1.31 bits per heavy atom. The number of carbonyl (C=O) groups is 2. The molecule has 16 heavy (non-hydrogen) atoms. The van der Waals surface area contributed by atoms with Crippen LogP contribution in [0, 0.1) is 5.92 Å². The zero-order valence-corrected chi connectivity index (χ0v) is 10.2. The van der Waals surface area contributed by atoms with Crippen LogP contribution in [0.25, 0.3) is 0 Å². The van der Waals surface area contributed by atoms with E-state index in [1.165, 1.54) is 0 Å². The highest BCUT2D eigenvalue weighted by Gasteiger charge is 2.12. The molecule has 0 saturated carbocycles. The second kappa shape index (κ2) is 9.15. The Morgan fingerprint density at radius 2 is 2.00 bits per heavy atom. The molecule has 1 amide bonds. The lowest BCUT2D eigenvalue weighted by Crippen LogP contribution is -2.33. The van der Waals surface area contributed by atoms with Gasteiger partial charge in [0, 0.05) is 19.8 Å². The van der Waals surface area contributed by atoms with Gasteiger partial charge in [0.2, 0.25) is 0 Å². The van der Waals surface area contributed by atoms with Crippen LogP contribution in [0.2, 0.25) is 0 Å². The van der Waals surface area contributed by atoms with Gasteiger partial charge in [0.1, 0.15) is 0 Å². The molecule has 0 rings (SSSR count). The van der Waals surface area contributed by atoms with E-state index in [4.69, 9.17) is 4.74 Å².